The molecule has 0 aliphatic rings. The lowest BCUT2D eigenvalue weighted by molar-refractivity contribution is 0.0803. The van der Waals surface area contributed by atoms with Gasteiger partial charge in [-0.25, -0.2) is 0 Å². The van der Waals surface area contributed by atoms with Crippen molar-refractivity contribution in [2.75, 3.05) is 13.7 Å². The number of hydrogen-bond donors (Lipinski definition) is 1. The number of aryl methyl sites for hydroxylation is 1. The van der Waals surface area contributed by atoms with Crippen LogP contribution in [0.5, 0.6) is 0 Å². The Morgan fingerprint density at radius 2 is 2.33 bits per heavy atom. The molecule has 0 radical (unpaired) electrons. The van der Waals surface area contributed by atoms with Gasteiger partial charge in [0.15, 0.2) is 0 Å². The van der Waals surface area contributed by atoms with Gasteiger partial charge in [0.1, 0.15) is 0 Å². The molecule has 0 saturated carbocycles. The van der Waals surface area contributed by atoms with Crippen LogP contribution in [-0.2, 0) is 11.8 Å². The van der Waals surface area contributed by atoms with Crippen molar-refractivity contribution in [1.82, 2.24) is 15.1 Å². The molecule has 2 unspecified atom stereocenters. The summed E-state index contributed by atoms with van der Waals surface area (Å²) in [7, 11) is 3.69. The molecule has 4 nitrogen and oxygen atoms in total. The predicted octanol–water partition coefficient (Wildman–Crippen LogP) is 1.50. The summed E-state index contributed by atoms with van der Waals surface area (Å²) >= 11 is 0. The minimum absolute atomic E-state index is 0.145. The lowest BCUT2D eigenvalue weighted by Gasteiger charge is -2.24. The van der Waals surface area contributed by atoms with Crippen molar-refractivity contribution >= 4 is 0 Å². The van der Waals surface area contributed by atoms with Gasteiger partial charge in [0.25, 0.3) is 0 Å². The zero-order chi connectivity index (χ0) is 11.3. The average molecular weight is 211 g/mol. The van der Waals surface area contributed by atoms with Crippen LogP contribution in [0.3, 0.4) is 0 Å². The molecule has 0 bridgehead atoms. The Kier molecular flexibility index (Phi) is 4.78. The van der Waals surface area contributed by atoms with Crippen molar-refractivity contribution in [3.05, 3.63) is 18.0 Å². The molecule has 0 aliphatic carbocycles. The van der Waals surface area contributed by atoms with Gasteiger partial charge in [-0.3, -0.25) is 4.68 Å². The lowest BCUT2D eigenvalue weighted by Crippen LogP contribution is -2.33. The van der Waals surface area contributed by atoms with Crippen LogP contribution in [0.1, 0.15) is 32.0 Å². The maximum atomic E-state index is 5.38. The second-order valence-corrected chi connectivity index (χ2v) is 3.75. The zero-order valence-corrected chi connectivity index (χ0v) is 10.0. The van der Waals surface area contributed by atoms with Crippen LogP contribution in [0.25, 0.3) is 0 Å². The van der Waals surface area contributed by atoms with Crippen molar-refractivity contribution < 1.29 is 4.74 Å². The highest BCUT2D eigenvalue weighted by Gasteiger charge is 2.20. The highest BCUT2D eigenvalue weighted by atomic mass is 16.5. The fourth-order valence-electron chi connectivity index (χ4n) is 1.64. The van der Waals surface area contributed by atoms with E-state index in [2.05, 4.69) is 24.3 Å². The molecule has 1 N–H and O–H groups in total. The number of hydrogen-bond acceptors (Lipinski definition) is 3. The van der Waals surface area contributed by atoms with Gasteiger partial charge < -0.3 is 10.1 Å². The van der Waals surface area contributed by atoms with Gasteiger partial charge in [-0.2, -0.15) is 5.10 Å². The summed E-state index contributed by atoms with van der Waals surface area (Å²) in [5, 5.41) is 7.66. The standard InChI is InChI=1S/C11H21N3O/c1-5-7-12-11(9(2)15-4)10-6-8-13-14(10)3/h6,8-9,11-12H,5,7H2,1-4H3. The Bertz CT molecular complexity index is 285. The number of methoxy groups -OCH3 is 1. The number of nitrogens with one attached hydrogen (secondary N) is 1. The van der Waals surface area contributed by atoms with Crippen LogP contribution in [0, 0.1) is 0 Å². The zero-order valence-electron chi connectivity index (χ0n) is 10.0. The Balaban J connectivity index is 2.76. The summed E-state index contributed by atoms with van der Waals surface area (Å²) in [5.41, 5.74) is 1.16. The maximum absolute atomic E-state index is 5.38. The molecule has 1 rings (SSSR count). The molecule has 0 spiro atoms. The van der Waals surface area contributed by atoms with E-state index in [0.717, 1.165) is 18.7 Å². The monoisotopic (exact) mass is 211 g/mol. The first-order valence-electron chi connectivity index (χ1n) is 5.44. The number of aromatic nitrogens is 2. The van der Waals surface area contributed by atoms with Gasteiger partial charge in [0.2, 0.25) is 0 Å². The summed E-state index contributed by atoms with van der Waals surface area (Å²) in [6.45, 7) is 5.22. The van der Waals surface area contributed by atoms with Crippen LogP contribution in [0.15, 0.2) is 12.3 Å². The van der Waals surface area contributed by atoms with Gasteiger partial charge in [0.05, 0.1) is 17.8 Å². The Hall–Kier alpha value is -0.870. The lowest BCUT2D eigenvalue weighted by atomic mass is 10.1. The SMILES string of the molecule is CCCNC(c1ccnn1C)C(C)OC. The molecular weight excluding hydrogens is 190 g/mol. The van der Waals surface area contributed by atoms with Gasteiger partial charge in [0, 0.05) is 20.4 Å². The number of rotatable bonds is 6. The summed E-state index contributed by atoms with van der Waals surface area (Å²) in [4.78, 5) is 0. The predicted molar refractivity (Wildman–Crippen MR) is 60.7 cm³/mol. The van der Waals surface area contributed by atoms with E-state index in [9.17, 15) is 0 Å². The van der Waals surface area contributed by atoms with E-state index in [-0.39, 0.29) is 12.1 Å². The highest BCUT2D eigenvalue weighted by molar-refractivity contribution is 5.08. The minimum Gasteiger partial charge on any atom is -0.380 e. The Labute approximate surface area is 91.6 Å². The van der Waals surface area contributed by atoms with E-state index in [1.165, 1.54) is 0 Å². The van der Waals surface area contributed by atoms with Gasteiger partial charge in [-0.05, 0) is 26.0 Å². The molecule has 0 fully saturated rings. The summed E-state index contributed by atoms with van der Waals surface area (Å²) in [6.07, 6.45) is 3.08. The highest BCUT2D eigenvalue weighted by Crippen LogP contribution is 2.17. The largest absolute Gasteiger partial charge is 0.380 e. The first-order valence-corrected chi connectivity index (χ1v) is 5.44. The van der Waals surface area contributed by atoms with Crippen LogP contribution in [-0.4, -0.2) is 29.5 Å². The van der Waals surface area contributed by atoms with Crippen molar-refractivity contribution in [2.24, 2.45) is 7.05 Å². The molecule has 15 heavy (non-hydrogen) atoms. The third kappa shape index (κ3) is 3.04. The topological polar surface area (TPSA) is 39.1 Å². The molecule has 1 heterocycles. The van der Waals surface area contributed by atoms with Crippen LogP contribution in [0.2, 0.25) is 0 Å². The fraction of sp³-hybridized carbons (Fsp3) is 0.727. The summed E-state index contributed by atoms with van der Waals surface area (Å²) < 4.78 is 7.28. The van der Waals surface area contributed by atoms with E-state index in [1.54, 1.807) is 7.11 Å². The molecule has 2 atom stereocenters. The van der Waals surface area contributed by atoms with Gasteiger partial charge in [-0.15, -0.1) is 0 Å². The molecule has 0 saturated heterocycles. The minimum atomic E-state index is 0.145. The van der Waals surface area contributed by atoms with Gasteiger partial charge >= 0.3 is 0 Å². The van der Waals surface area contributed by atoms with Crippen molar-refractivity contribution in [1.29, 1.82) is 0 Å². The molecule has 1 aromatic rings. The second kappa shape index (κ2) is 5.88. The van der Waals surface area contributed by atoms with E-state index < -0.39 is 0 Å². The first kappa shape index (κ1) is 12.2. The molecular formula is C11H21N3O. The third-order valence-corrected chi connectivity index (χ3v) is 2.63. The van der Waals surface area contributed by atoms with E-state index >= 15 is 0 Å². The van der Waals surface area contributed by atoms with Crippen LogP contribution >= 0.6 is 0 Å². The number of ether oxygens (including phenoxy) is 1. The van der Waals surface area contributed by atoms with E-state index in [0.29, 0.717) is 0 Å². The molecule has 0 aromatic carbocycles. The molecule has 0 aliphatic heterocycles. The molecule has 1 aromatic heterocycles. The third-order valence-electron chi connectivity index (χ3n) is 2.63. The quantitative estimate of drug-likeness (QED) is 0.775. The van der Waals surface area contributed by atoms with E-state index in [1.807, 2.05) is 24.0 Å². The van der Waals surface area contributed by atoms with Crippen molar-refractivity contribution in [3.63, 3.8) is 0 Å². The maximum Gasteiger partial charge on any atom is 0.0755 e. The summed E-state index contributed by atoms with van der Waals surface area (Å²) in [6, 6.07) is 2.24. The van der Waals surface area contributed by atoms with Gasteiger partial charge in [-0.1, -0.05) is 6.92 Å². The van der Waals surface area contributed by atoms with Crippen molar-refractivity contribution in [2.45, 2.75) is 32.4 Å². The molecule has 86 valence electrons. The average Bonchev–Trinajstić information content (AvgIpc) is 2.65. The molecule has 4 heteroatoms. The van der Waals surface area contributed by atoms with E-state index in [4.69, 9.17) is 4.74 Å². The summed E-state index contributed by atoms with van der Waals surface area (Å²) in [5.74, 6) is 0. The Morgan fingerprint density at radius 1 is 1.60 bits per heavy atom. The Morgan fingerprint density at radius 3 is 2.80 bits per heavy atom. The van der Waals surface area contributed by atoms with Crippen LogP contribution < -0.4 is 5.32 Å². The second-order valence-electron chi connectivity index (χ2n) is 3.75. The fourth-order valence-corrected chi connectivity index (χ4v) is 1.64. The van der Waals surface area contributed by atoms with Crippen LogP contribution in [0.4, 0.5) is 0 Å². The normalized spacial score (nSPS) is 15.2. The number of nitrogens with zero attached hydrogens (tertiary/aromatic N) is 2. The molecule has 0 amide bonds. The first-order chi connectivity index (χ1) is 7.20. The smallest absolute Gasteiger partial charge is 0.0755 e. The van der Waals surface area contributed by atoms with Crippen molar-refractivity contribution in [3.8, 4) is 0 Å².